The summed E-state index contributed by atoms with van der Waals surface area (Å²) in [5, 5.41) is 6.94. The third kappa shape index (κ3) is 2.66. The molecular weight excluding hydrogens is 303 g/mol. The van der Waals surface area contributed by atoms with E-state index in [0.29, 0.717) is 5.92 Å². The Balaban J connectivity index is 1.70. The summed E-state index contributed by atoms with van der Waals surface area (Å²) < 4.78 is 19.4. The maximum atomic E-state index is 13.2. The Morgan fingerprint density at radius 1 is 1.17 bits per heavy atom. The first-order chi connectivity index (χ1) is 11.6. The molecule has 4 heteroatoms. The molecule has 0 saturated heterocycles. The van der Waals surface area contributed by atoms with Crippen LogP contribution < -0.4 is 4.74 Å². The van der Waals surface area contributed by atoms with E-state index in [4.69, 9.17) is 9.84 Å². The summed E-state index contributed by atoms with van der Waals surface area (Å²) in [5.41, 5.74) is 3.15. The van der Waals surface area contributed by atoms with E-state index in [2.05, 4.69) is 24.9 Å². The molecule has 0 radical (unpaired) electrons. The van der Waals surface area contributed by atoms with Crippen molar-refractivity contribution in [3.05, 3.63) is 65.5 Å². The summed E-state index contributed by atoms with van der Waals surface area (Å²) in [7, 11) is 0. The lowest BCUT2D eigenvalue weighted by Gasteiger charge is -2.38. The van der Waals surface area contributed by atoms with Crippen molar-refractivity contribution in [3.63, 3.8) is 0 Å². The van der Waals surface area contributed by atoms with Crippen LogP contribution >= 0.6 is 0 Å². The van der Waals surface area contributed by atoms with Gasteiger partial charge < -0.3 is 4.74 Å². The lowest BCUT2D eigenvalue weighted by atomic mass is 9.96. The first kappa shape index (κ1) is 15.2. The van der Waals surface area contributed by atoms with Gasteiger partial charge in [-0.15, -0.1) is 0 Å². The fourth-order valence-corrected chi connectivity index (χ4v) is 3.49. The quantitative estimate of drug-likeness (QED) is 0.814. The molecule has 0 amide bonds. The van der Waals surface area contributed by atoms with E-state index in [9.17, 15) is 4.39 Å². The zero-order valence-corrected chi connectivity index (χ0v) is 13.9. The van der Waals surface area contributed by atoms with Gasteiger partial charge in [0.15, 0.2) is 6.23 Å². The lowest BCUT2D eigenvalue weighted by molar-refractivity contribution is -0.0291. The number of fused-ring (bicyclic) bond motifs is 3. The van der Waals surface area contributed by atoms with Gasteiger partial charge in [0.25, 0.3) is 0 Å². The van der Waals surface area contributed by atoms with Gasteiger partial charge in [0.2, 0.25) is 0 Å². The van der Waals surface area contributed by atoms with Gasteiger partial charge in [-0.1, -0.05) is 44.2 Å². The Kier molecular flexibility index (Phi) is 3.75. The van der Waals surface area contributed by atoms with E-state index in [-0.39, 0.29) is 18.1 Å². The van der Waals surface area contributed by atoms with Crippen molar-refractivity contribution in [1.82, 2.24) is 5.01 Å². The van der Waals surface area contributed by atoms with E-state index >= 15 is 0 Å². The number of nitrogens with zero attached hydrogens (tertiary/aromatic N) is 2. The number of hydrogen-bond acceptors (Lipinski definition) is 3. The molecule has 24 heavy (non-hydrogen) atoms. The van der Waals surface area contributed by atoms with Gasteiger partial charge in [0.05, 0.1) is 11.8 Å². The number of para-hydroxylation sites is 1. The van der Waals surface area contributed by atoms with Gasteiger partial charge in [-0.05, 0) is 29.7 Å². The molecule has 2 aliphatic heterocycles. The number of hydrogen-bond donors (Lipinski definition) is 0. The predicted octanol–water partition coefficient (Wildman–Crippen LogP) is 4.74. The van der Waals surface area contributed by atoms with Crippen LogP contribution in [-0.4, -0.2) is 16.9 Å². The molecule has 124 valence electrons. The fraction of sp³-hybridized carbons (Fsp3) is 0.350. The highest BCUT2D eigenvalue weighted by Gasteiger charge is 2.40. The maximum absolute atomic E-state index is 13.2. The number of ether oxygens (including phenoxy) is 1. The van der Waals surface area contributed by atoms with E-state index < -0.39 is 0 Å². The smallest absolute Gasteiger partial charge is 0.188 e. The van der Waals surface area contributed by atoms with Crippen LogP contribution in [0.1, 0.15) is 43.9 Å². The zero-order valence-electron chi connectivity index (χ0n) is 13.9. The second kappa shape index (κ2) is 5.93. The van der Waals surface area contributed by atoms with Gasteiger partial charge in [-0.2, -0.15) is 5.10 Å². The average Bonchev–Trinajstić information content (AvgIpc) is 3.01. The summed E-state index contributed by atoms with van der Waals surface area (Å²) in [4.78, 5) is 0. The summed E-state index contributed by atoms with van der Waals surface area (Å²) in [6, 6.07) is 15.0. The third-order valence-corrected chi connectivity index (χ3v) is 4.63. The van der Waals surface area contributed by atoms with Gasteiger partial charge in [-0.3, -0.25) is 5.01 Å². The largest absolute Gasteiger partial charge is 0.469 e. The van der Waals surface area contributed by atoms with E-state index in [1.807, 2.05) is 18.2 Å². The monoisotopic (exact) mass is 324 g/mol. The molecule has 2 aromatic carbocycles. The van der Waals surface area contributed by atoms with Crippen LogP contribution in [0.5, 0.6) is 5.75 Å². The molecule has 0 unspecified atom stereocenters. The molecule has 0 saturated carbocycles. The Morgan fingerprint density at radius 3 is 2.67 bits per heavy atom. The summed E-state index contributed by atoms with van der Waals surface area (Å²) in [5.74, 6) is 1.26. The Morgan fingerprint density at radius 2 is 1.92 bits per heavy atom. The highest BCUT2D eigenvalue weighted by molar-refractivity contribution is 6.01. The number of rotatable bonds is 3. The van der Waals surface area contributed by atoms with Gasteiger partial charge in [0.1, 0.15) is 11.6 Å². The van der Waals surface area contributed by atoms with Crippen molar-refractivity contribution in [1.29, 1.82) is 0 Å². The Labute approximate surface area is 141 Å². The van der Waals surface area contributed by atoms with E-state index in [1.165, 1.54) is 17.7 Å². The second-order valence-corrected chi connectivity index (χ2v) is 6.89. The van der Waals surface area contributed by atoms with Crippen molar-refractivity contribution in [3.8, 4) is 5.75 Å². The number of halogens is 1. The minimum atomic E-state index is -0.221. The van der Waals surface area contributed by atoms with E-state index in [0.717, 1.165) is 29.9 Å². The molecule has 2 heterocycles. The van der Waals surface area contributed by atoms with Crippen molar-refractivity contribution in [2.75, 3.05) is 0 Å². The summed E-state index contributed by atoms with van der Waals surface area (Å²) in [6.45, 7) is 4.39. The third-order valence-electron chi connectivity index (χ3n) is 4.63. The van der Waals surface area contributed by atoms with Crippen molar-refractivity contribution in [2.45, 2.75) is 39.0 Å². The molecular formula is C20H21FN2O. The molecule has 0 aromatic heterocycles. The van der Waals surface area contributed by atoms with Crippen LogP contribution in [0, 0.1) is 11.7 Å². The molecule has 0 N–H and O–H groups in total. The van der Waals surface area contributed by atoms with E-state index in [1.54, 1.807) is 12.1 Å². The molecule has 0 bridgehead atoms. The standard InChI is InChI=1S/C20H21FN2O/c1-13(2)11-20-23-18(16-5-3-4-6-19(16)24-20)12-17(22-23)14-7-9-15(21)10-8-14/h3-10,13,18,20H,11-12H2,1-2H3/t18-,20+/m1/s1. The molecule has 2 atom stereocenters. The highest BCUT2D eigenvalue weighted by Crippen LogP contribution is 2.43. The first-order valence-electron chi connectivity index (χ1n) is 8.49. The Bertz CT molecular complexity index is 769. The topological polar surface area (TPSA) is 24.8 Å². The molecule has 2 aliphatic rings. The predicted molar refractivity (Wildman–Crippen MR) is 92.4 cm³/mol. The summed E-state index contributed by atoms with van der Waals surface area (Å²) in [6.07, 6.45) is 1.69. The van der Waals surface area contributed by atoms with Crippen molar-refractivity contribution in [2.24, 2.45) is 11.0 Å². The molecule has 0 fully saturated rings. The summed E-state index contributed by atoms with van der Waals surface area (Å²) >= 11 is 0. The Hall–Kier alpha value is -2.36. The number of hydrazone groups is 1. The zero-order chi connectivity index (χ0) is 16.7. The van der Waals surface area contributed by atoms with Crippen LogP contribution in [0.3, 0.4) is 0 Å². The van der Waals surface area contributed by atoms with Gasteiger partial charge >= 0.3 is 0 Å². The number of benzene rings is 2. The normalized spacial score (nSPS) is 22.0. The maximum Gasteiger partial charge on any atom is 0.188 e. The first-order valence-corrected chi connectivity index (χ1v) is 8.49. The molecule has 2 aromatic rings. The minimum absolute atomic E-state index is 0.0529. The van der Waals surface area contributed by atoms with Crippen LogP contribution in [0.2, 0.25) is 0 Å². The molecule has 0 spiro atoms. The van der Waals surface area contributed by atoms with Crippen molar-refractivity contribution >= 4 is 5.71 Å². The van der Waals surface area contributed by atoms with Crippen LogP contribution in [0.25, 0.3) is 0 Å². The van der Waals surface area contributed by atoms with Crippen LogP contribution in [0.15, 0.2) is 53.6 Å². The van der Waals surface area contributed by atoms with Gasteiger partial charge in [-0.25, -0.2) is 4.39 Å². The van der Waals surface area contributed by atoms with Gasteiger partial charge in [0, 0.05) is 18.4 Å². The fourth-order valence-electron chi connectivity index (χ4n) is 3.49. The van der Waals surface area contributed by atoms with Crippen LogP contribution in [0.4, 0.5) is 4.39 Å². The van der Waals surface area contributed by atoms with Crippen LogP contribution in [-0.2, 0) is 0 Å². The lowest BCUT2D eigenvalue weighted by Crippen LogP contribution is -2.41. The SMILES string of the molecule is CC(C)C[C@@H]1Oc2ccccc2[C@H]2CC(c3ccc(F)cc3)=NN12. The second-order valence-electron chi connectivity index (χ2n) is 6.89. The molecule has 0 aliphatic carbocycles. The molecule has 3 nitrogen and oxygen atoms in total. The highest BCUT2D eigenvalue weighted by atomic mass is 19.1. The minimum Gasteiger partial charge on any atom is -0.469 e. The average molecular weight is 324 g/mol. The molecule has 4 rings (SSSR count). The van der Waals surface area contributed by atoms with Crippen molar-refractivity contribution < 1.29 is 9.13 Å².